The third-order valence-corrected chi connectivity index (χ3v) is 3.73. The summed E-state index contributed by atoms with van der Waals surface area (Å²) in [6, 6.07) is 2.02. The molecule has 100 valence electrons. The van der Waals surface area contributed by atoms with Crippen molar-refractivity contribution >= 4 is 5.82 Å². The van der Waals surface area contributed by atoms with Crippen LogP contribution in [0.4, 0.5) is 5.82 Å². The maximum Gasteiger partial charge on any atom is 0.133 e. The van der Waals surface area contributed by atoms with Crippen molar-refractivity contribution in [1.82, 2.24) is 9.97 Å². The van der Waals surface area contributed by atoms with Gasteiger partial charge in [0.1, 0.15) is 11.6 Å². The first-order valence-electron chi connectivity index (χ1n) is 6.88. The Balaban J connectivity index is 2.22. The lowest BCUT2D eigenvalue weighted by atomic mass is 9.98. The Morgan fingerprint density at radius 2 is 2.00 bits per heavy atom. The molecule has 0 unspecified atom stereocenters. The van der Waals surface area contributed by atoms with Crippen molar-refractivity contribution in [3.8, 4) is 0 Å². The highest BCUT2D eigenvalue weighted by molar-refractivity contribution is 5.40. The lowest BCUT2D eigenvalue weighted by molar-refractivity contribution is 0.490. The summed E-state index contributed by atoms with van der Waals surface area (Å²) < 4.78 is 0. The largest absolute Gasteiger partial charge is 0.363 e. The van der Waals surface area contributed by atoms with Crippen molar-refractivity contribution in [1.29, 1.82) is 0 Å². The number of nitrogens with one attached hydrogen (secondary N) is 1. The van der Waals surface area contributed by atoms with Gasteiger partial charge in [-0.2, -0.15) is 0 Å². The first-order chi connectivity index (χ1) is 8.54. The van der Waals surface area contributed by atoms with Gasteiger partial charge in [-0.05, 0) is 19.8 Å². The number of hydrogen-bond donors (Lipinski definition) is 2. The Morgan fingerprint density at radius 1 is 1.33 bits per heavy atom. The number of rotatable bonds is 4. The van der Waals surface area contributed by atoms with Gasteiger partial charge in [-0.1, -0.05) is 26.7 Å². The summed E-state index contributed by atoms with van der Waals surface area (Å²) in [5.74, 6) is 2.18. The summed E-state index contributed by atoms with van der Waals surface area (Å²) in [6.45, 7) is 6.93. The van der Waals surface area contributed by atoms with Crippen LogP contribution in [0.25, 0.3) is 0 Å². The summed E-state index contributed by atoms with van der Waals surface area (Å²) in [7, 11) is 0. The van der Waals surface area contributed by atoms with Gasteiger partial charge in [-0.25, -0.2) is 9.97 Å². The van der Waals surface area contributed by atoms with E-state index in [4.69, 9.17) is 5.73 Å². The Bertz CT molecular complexity index is 408. The zero-order chi connectivity index (χ0) is 13.2. The predicted octanol–water partition coefficient (Wildman–Crippen LogP) is 2.59. The van der Waals surface area contributed by atoms with Crippen molar-refractivity contribution in [2.45, 2.75) is 57.9 Å². The second-order valence-corrected chi connectivity index (χ2v) is 5.72. The van der Waals surface area contributed by atoms with Crippen molar-refractivity contribution in [3.05, 3.63) is 17.6 Å². The standard InChI is InChI=1S/C14H24N4/c1-10(2)13-16-11(3)8-12(17-13)18-14(9-15)6-4-5-7-14/h8,10H,4-7,9,15H2,1-3H3,(H,16,17,18). The monoisotopic (exact) mass is 248 g/mol. The highest BCUT2D eigenvalue weighted by atomic mass is 15.1. The molecule has 1 aromatic heterocycles. The molecular weight excluding hydrogens is 224 g/mol. The molecule has 18 heavy (non-hydrogen) atoms. The third kappa shape index (κ3) is 2.80. The first-order valence-corrected chi connectivity index (χ1v) is 6.88. The second kappa shape index (κ2) is 5.22. The van der Waals surface area contributed by atoms with E-state index in [0.29, 0.717) is 12.5 Å². The molecule has 0 bridgehead atoms. The van der Waals surface area contributed by atoms with Crippen molar-refractivity contribution in [3.63, 3.8) is 0 Å². The van der Waals surface area contributed by atoms with Gasteiger partial charge in [-0.3, -0.25) is 0 Å². The summed E-state index contributed by atoms with van der Waals surface area (Å²) >= 11 is 0. The van der Waals surface area contributed by atoms with E-state index >= 15 is 0 Å². The van der Waals surface area contributed by atoms with Gasteiger partial charge in [0.15, 0.2) is 0 Å². The zero-order valence-corrected chi connectivity index (χ0v) is 11.7. The minimum absolute atomic E-state index is 0.0506. The number of anilines is 1. The molecule has 0 saturated heterocycles. The molecule has 1 aliphatic carbocycles. The zero-order valence-electron chi connectivity index (χ0n) is 11.7. The number of aromatic nitrogens is 2. The lowest BCUT2D eigenvalue weighted by Gasteiger charge is -2.29. The van der Waals surface area contributed by atoms with E-state index in [9.17, 15) is 0 Å². The molecule has 1 fully saturated rings. The van der Waals surface area contributed by atoms with Crippen LogP contribution in [0, 0.1) is 6.92 Å². The average Bonchev–Trinajstić information content (AvgIpc) is 2.77. The van der Waals surface area contributed by atoms with E-state index in [2.05, 4.69) is 29.1 Å². The molecule has 0 aliphatic heterocycles. The molecule has 0 amide bonds. The van der Waals surface area contributed by atoms with Crippen LogP contribution in [-0.4, -0.2) is 22.1 Å². The van der Waals surface area contributed by atoms with Crippen molar-refractivity contribution < 1.29 is 0 Å². The molecule has 4 nitrogen and oxygen atoms in total. The van der Waals surface area contributed by atoms with E-state index in [1.54, 1.807) is 0 Å². The summed E-state index contributed by atoms with van der Waals surface area (Å²) in [5, 5.41) is 3.56. The Labute approximate surface area is 109 Å². The van der Waals surface area contributed by atoms with Gasteiger partial charge in [-0.15, -0.1) is 0 Å². The maximum atomic E-state index is 5.95. The first kappa shape index (κ1) is 13.3. The molecule has 0 aromatic carbocycles. The predicted molar refractivity (Wildman–Crippen MR) is 74.7 cm³/mol. The fraction of sp³-hybridized carbons (Fsp3) is 0.714. The molecule has 1 saturated carbocycles. The van der Waals surface area contributed by atoms with Gasteiger partial charge in [0.2, 0.25) is 0 Å². The second-order valence-electron chi connectivity index (χ2n) is 5.72. The molecule has 4 heteroatoms. The molecule has 3 N–H and O–H groups in total. The van der Waals surface area contributed by atoms with Crippen LogP contribution in [-0.2, 0) is 0 Å². The molecule has 1 heterocycles. The van der Waals surface area contributed by atoms with Gasteiger partial charge in [0.25, 0.3) is 0 Å². The van der Waals surface area contributed by atoms with Crippen LogP contribution < -0.4 is 11.1 Å². The van der Waals surface area contributed by atoms with E-state index < -0.39 is 0 Å². The number of aryl methyl sites for hydroxylation is 1. The lowest BCUT2D eigenvalue weighted by Crippen LogP contribution is -2.43. The SMILES string of the molecule is Cc1cc(NC2(CN)CCCC2)nc(C(C)C)n1. The minimum Gasteiger partial charge on any atom is -0.363 e. The smallest absolute Gasteiger partial charge is 0.133 e. The molecule has 2 rings (SSSR count). The third-order valence-electron chi connectivity index (χ3n) is 3.73. The van der Waals surface area contributed by atoms with Crippen molar-refractivity contribution in [2.24, 2.45) is 5.73 Å². The van der Waals surface area contributed by atoms with Crippen molar-refractivity contribution in [2.75, 3.05) is 11.9 Å². The van der Waals surface area contributed by atoms with E-state index in [0.717, 1.165) is 30.2 Å². The van der Waals surface area contributed by atoms with E-state index in [1.165, 1.54) is 12.8 Å². The molecule has 0 radical (unpaired) electrons. The van der Waals surface area contributed by atoms with Crippen LogP contribution >= 0.6 is 0 Å². The fourth-order valence-corrected chi connectivity index (χ4v) is 2.62. The van der Waals surface area contributed by atoms with Crippen LogP contribution in [0.3, 0.4) is 0 Å². The van der Waals surface area contributed by atoms with Crippen LogP contribution in [0.15, 0.2) is 6.07 Å². The van der Waals surface area contributed by atoms with Crippen LogP contribution in [0.2, 0.25) is 0 Å². The fourth-order valence-electron chi connectivity index (χ4n) is 2.62. The summed E-state index contributed by atoms with van der Waals surface area (Å²) in [5.41, 5.74) is 7.01. The maximum absolute atomic E-state index is 5.95. The summed E-state index contributed by atoms with van der Waals surface area (Å²) in [4.78, 5) is 9.09. The normalized spacial score (nSPS) is 18.3. The Morgan fingerprint density at radius 3 is 2.56 bits per heavy atom. The van der Waals surface area contributed by atoms with Crippen LogP contribution in [0.1, 0.15) is 57.0 Å². The average molecular weight is 248 g/mol. The topological polar surface area (TPSA) is 63.8 Å². The minimum atomic E-state index is 0.0506. The quantitative estimate of drug-likeness (QED) is 0.859. The number of hydrogen-bond acceptors (Lipinski definition) is 4. The van der Waals surface area contributed by atoms with Gasteiger partial charge in [0.05, 0.1) is 5.54 Å². The summed E-state index contributed by atoms with van der Waals surface area (Å²) in [6.07, 6.45) is 4.80. The Kier molecular flexibility index (Phi) is 3.85. The molecule has 0 spiro atoms. The van der Waals surface area contributed by atoms with Crippen LogP contribution in [0.5, 0.6) is 0 Å². The molecule has 1 aromatic rings. The number of nitrogens with zero attached hydrogens (tertiary/aromatic N) is 2. The Hall–Kier alpha value is -1.16. The molecule has 1 aliphatic rings. The highest BCUT2D eigenvalue weighted by Crippen LogP contribution is 2.32. The molecular formula is C14H24N4. The van der Waals surface area contributed by atoms with Gasteiger partial charge < -0.3 is 11.1 Å². The van der Waals surface area contributed by atoms with Gasteiger partial charge >= 0.3 is 0 Å². The number of nitrogens with two attached hydrogens (primary N) is 1. The van der Waals surface area contributed by atoms with Gasteiger partial charge in [0, 0.05) is 24.2 Å². The highest BCUT2D eigenvalue weighted by Gasteiger charge is 2.32. The van der Waals surface area contributed by atoms with E-state index in [1.807, 2.05) is 13.0 Å². The molecule has 0 atom stereocenters. The van der Waals surface area contributed by atoms with E-state index in [-0.39, 0.29) is 5.54 Å².